The Morgan fingerprint density at radius 2 is 2.24 bits per heavy atom. The van der Waals surface area contributed by atoms with E-state index in [1.165, 1.54) is 11.3 Å². The van der Waals surface area contributed by atoms with Gasteiger partial charge in [0.2, 0.25) is 0 Å². The van der Waals surface area contributed by atoms with Crippen molar-refractivity contribution in [1.29, 1.82) is 0 Å². The molecule has 0 spiro atoms. The monoisotopic (exact) mass is 368 g/mol. The number of halogens is 1. The molecular formula is C15H17BrN2O2S. The standard InChI is InChI=1S/C15H17BrN2O2S/c1-9-4-5-13(12(16)6-9)20-11(3)15(19)17-7-14-18-10(2)8-21-14/h4-6,8,11H,7H2,1-3H3,(H,17,19). The minimum atomic E-state index is -0.565. The summed E-state index contributed by atoms with van der Waals surface area (Å²) in [7, 11) is 0. The number of hydrogen-bond acceptors (Lipinski definition) is 4. The van der Waals surface area contributed by atoms with Crippen LogP contribution < -0.4 is 10.1 Å². The molecule has 1 atom stereocenters. The van der Waals surface area contributed by atoms with Crippen LogP contribution >= 0.6 is 27.3 Å². The van der Waals surface area contributed by atoms with E-state index < -0.39 is 6.10 Å². The van der Waals surface area contributed by atoms with Gasteiger partial charge in [-0.05, 0) is 54.4 Å². The molecule has 0 aliphatic carbocycles. The number of benzene rings is 1. The minimum absolute atomic E-state index is 0.157. The highest BCUT2D eigenvalue weighted by Gasteiger charge is 2.16. The first-order chi connectivity index (χ1) is 9.95. The fourth-order valence-electron chi connectivity index (χ4n) is 1.74. The van der Waals surface area contributed by atoms with E-state index >= 15 is 0 Å². The second-order valence-electron chi connectivity index (χ2n) is 4.79. The van der Waals surface area contributed by atoms with E-state index in [1.54, 1.807) is 6.92 Å². The number of thiazole rings is 1. The molecule has 21 heavy (non-hydrogen) atoms. The number of aryl methyl sites for hydroxylation is 2. The Kier molecular flexibility index (Phi) is 5.36. The molecule has 1 aromatic carbocycles. The maximum absolute atomic E-state index is 12.0. The summed E-state index contributed by atoms with van der Waals surface area (Å²) in [6.45, 7) is 6.10. The molecule has 0 aliphatic rings. The van der Waals surface area contributed by atoms with E-state index in [4.69, 9.17) is 4.74 Å². The van der Waals surface area contributed by atoms with Gasteiger partial charge in [-0.15, -0.1) is 11.3 Å². The second-order valence-corrected chi connectivity index (χ2v) is 6.59. The molecule has 6 heteroatoms. The number of ether oxygens (including phenoxy) is 1. The molecule has 2 rings (SSSR count). The number of aromatic nitrogens is 1. The van der Waals surface area contributed by atoms with Crippen LogP contribution in [-0.4, -0.2) is 17.0 Å². The summed E-state index contributed by atoms with van der Waals surface area (Å²) in [4.78, 5) is 16.3. The van der Waals surface area contributed by atoms with Gasteiger partial charge >= 0.3 is 0 Å². The lowest BCUT2D eigenvalue weighted by Crippen LogP contribution is -2.35. The third kappa shape index (κ3) is 4.54. The first kappa shape index (κ1) is 16.0. The van der Waals surface area contributed by atoms with E-state index in [9.17, 15) is 4.79 Å². The SMILES string of the molecule is Cc1ccc(OC(C)C(=O)NCc2nc(C)cs2)c(Br)c1. The highest BCUT2D eigenvalue weighted by atomic mass is 79.9. The zero-order valence-electron chi connectivity index (χ0n) is 12.1. The quantitative estimate of drug-likeness (QED) is 0.876. The van der Waals surface area contributed by atoms with Gasteiger partial charge in [-0.2, -0.15) is 0 Å². The summed E-state index contributed by atoms with van der Waals surface area (Å²) >= 11 is 4.98. The normalized spacial score (nSPS) is 12.0. The Morgan fingerprint density at radius 3 is 2.86 bits per heavy atom. The third-order valence-electron chi connectivity index (χ3n) is 2.84. The second kappa shape index (κ2) is 7.04. The molecule has 1 unspecified atom stereocenters. The lowest BCUT2D eigenvalue weighted by atomic mass is 10.2. The zero-order valence-corrected chi connectivity index (χ0v) is 14.5. The molecule has 1 amide bonds. The largest absolute Gasteiger partial charge is 0.480 e. The molecule has 1 heterocycles. The van der Waals surface area contributed by atoms with E-state index in [-0.39, 0.29) is 5.91 Å². The van der Waals surface area contributed by atoms with Crippen molar-refractivity contribution in [1.82, 2.24) is 10.3 Å². The molecule has 0 bridgehead atoms. The summed E-state index contributed by atoms with van der Waals surface area (Å²) in [5.74, 6) is 0.503. The zero-order chi connectivity index (χ0) is 15.4. The number of nitrogens with one attached hydrogen (secondary N) is 1. The van der Waals surface area contributed by atoms with Gasteiger partial charge in [-0.3, -0.25) is 4.79 Å². The average Bonchev–Trinajstić information content (AvgIpc) is 2.85. The van der Waals surface area contributed by atoms with Gasteiger partial charge in [-0.25, -0.2) is 4.98 Å². The van der Waals surface area contributed by atoms with E-state index in [1.807, 2.05) is 37.4 Å². The summed E-state index contributed by atoms with van der Waals surface area (Å²) in [6, 6.07) is 5.76. The first-order valence-electron chi connectivity index (χ1n) is 6.57. The van der Waals surface area contributed by atoms with Gasteiger partial charge in [-0.1, -0.05) is 6.07 Å². The van der Waals surface area contributed by atoms with Crippen molar-refractivity contribution in [3.8, 4) is 5.75 Å². The smallest absolute Gasteiger partial charge is 0.261 e. The molecule has 1 aromatic heterocycles. The van der Waals surface area contributed by atoms with E-state index in [0.29, 0.717) is 12.3 Å². The van der Waals surface area contributed by atoms with E-state index in [0.717, 1.165) is 20.7 Å². The summed E-state index contributed by atoms with van der Waals surface area (Å²) in [5.41, 5.74) is 2.10. The van der Waals surface area contributed by atoms with Crippen molar-refractivity contribution in [3.63, 3.8) is 0 Å². The highest BCUT2D eigenvalue weighted by Crippen LogP contribution is 2.26. The first-order valence-corrected chi connectivity index (χ1v) is 8.24. The van der Waals surface area contributed by atoms with Crippen molar-refractivity contribution in [2.24, 2.45) is 0 Å². The number of amides is 1. The molecule has 2 aromatic rings. The van der Waals surface area contributed by atoms with Gasteiger partial charge in [0.15, 0.2) is 6.10 Å². The van der Waals surface area contributed by atoms with Crippen LogP contribution in [0.3, 0.4) is 0 Å². The van der Waals surface area contributed by atoms with E-state index in [2.05, 4.69) is 26.2 Å². The van der Waals surface area contributed by atoms with Crippen LogP contribution in [0.25, 0.3) is 0 Å². The number of hydrogen-bond donors (Lipinski definition) is 1. The predicted molar refractivity (Wildman–Crippen MR) is 87.7 cm³/mol. The molecule has 112 valence electrons. The lowest BCUT2D eigenvalue weighted by Gasteiger charge is -2.15. The van der Waals surface area contributed by atoms with Gasteiger partial charge in [0.1, 0.15) is 10.8 Å². The molecule has 0 radical (unpaired) electrons. The van der Waals surface area contributed by atoms with Gasteiger partial charge < -0.3 is 10.1 Å². The van der Waals surface area contributed by atoms with Crippen LogP contribution in [0.1, 0.15) is 23.2 Å². The summed E-state index contributed by atoms with van der Waals surface area (Å²) in [5, 5.41) is 5.69. The Hall–Kier alpha value is -1.40. The van der Waals surface area contributed by atoms with Crippen LogP contribution in [0.15, 0.2) is 28.1 Å². The molecule has 0 fully saturated rings. The Balaban J connectivity index is 1.90. The van der Waals surface area contributed by atoms with Gasteiger partial charge in [0, 0.05) is 11.1 Å². The minimum Gasteiger partial charge on any atom is -0.480 e. The fourth-order valence-corrected chi connectivity index (χ4v) is 3.03. The Labute approximate surface area is 136 Å². The number of carbonyl (C=O) groups is 1. The highest BCUT2D eigenvalue weighted by molar-refractivity contribution is 9.10. The summed E-state index contributed by atoms with van der Waals surface area (Å²) in [6.07, 6.45) is -0.565. The number of nitrogens with zero attached hydrogens (tertiary/aromatic N) is 1. The maximum atomic E-state index is 12.0. The third-order valence-corrected chi connectivity index (χ3v) is 4.43. The van der Waals surface area contributed by atoms with Crippen LogP contribution in [-0.2, 0) is 11.3 Å². The average molecular weight is 369 g/mol. The molecule has 0 saturated heterocycles. The van der Waals surface area contributed by atoms with Crippen molar-refractivity contribution < 1.29 is 9.53 Å². The lowest BCUT2D eigenvalue weighted by molar-refractivity contribution is -0.127. The van der Waals surface area contributed by atoms with Crippen LogP contribution in [0.5, 0.6) is 5.75 Å². The van der Waals surface area contributed by atoms with Crippen molar-refractivity contribution in [2.75, 3.05) is 0 Å². The predicted octanol–water partition coefficient (Wildman–Crippen LogP) is 3.61. The van der Waals surface area contributed by atoms with Gasteiger partial charge in [0.25, 0.3) is 5.91 Å². The van der Waals surface area contributed by atoms with Gasteiger partial charge in [0.05, 0.1) is 11.0 Å². The van der Waals surface area contributed by atoms with Crippen molar-refractivity contribution in [3.05, 3.63) is 44.3 Å². The summed E-state index contributed by atoms with van der Waals surface area (Å²) < 4.78 is 6.52. The number of carbonyl (C=O) groups excluding carboxylic acids is 1. The van der Waals surface area contributed by atoms with Crippen LogP contribution in [0.4, 0.5) is 0 Å². The maximum Gasteiger partial charge on any atom is 0.261 e. The van der Waals surface area contributed by atoms with Crippen molar-refractivity contribution in [2.45, 2.75) is 33.4 Å². The molecule has 0 saturated carbocycles. The molecule has 4 nitrogen and oxygen atoms in total. The molecular weight excluding hydrogens is 352 g/mol. The van der Waals surface area contributed by atoms with Crippen LogP contribution in [0, 0.1) is 13.8 Å². The van der Waals surface area contributed by atoms with Crippen LogP contribution in [0.2, 0.25) is 0 Å². The molecule has 1 N–H and O–H groups in total. The van der Waals surface area contributed by atoms with Crippen molar-refractivity contribution >= 4 is 33.2 Å². The topological polar surface area (TPSA) is 51.2 Å². The Morgan fingerprint density at radius 1 is 1.48 bits per heavy atom. The molecule has 0 aliphatic heterocycles. The fraction of sp³-hybridized carbons (Fsp3) is 0.333. The Bertz CT molecular complexity index is 642. The number of rotatable bonds is 5.